The molecule has 1 unspecified atom stereocenters. The number of nitrogens with zero attached hydrogens (tertiary/aromatic N) is 1. The Morgan fingerprint density at radius 1 is 1.56 bits per heavy atom. The van der Waals surface area contributed by atoms with E-state index >= 15 is 0 Å². The van der Waals surface area contributed by atoms with Gasteiger partial charge in [-0.25, -0.2) is 9.18 Å². The van der Waals surface area contributed by atoms with Crippen molar-refractivity contribution in [2.75, 3.05) is 0 Å². The van der Waals surface area contributed by atoms with Crippen LogP contribution in [-0.4, -0.2) is 27.9 Å². The van der Waals surface area contributed by atoms with Crippen LogP contribution in [0.15, 0.2) is 18.2 Å². The largest absolute Gasteiger partial charge is 0.480 e. The van der Waals surface area contributed by atoms with E-state index in [-0.39, 0.29) is 24.7 Å². The van der Waals surface area contributed by atoms with Crippen molar-refractivity contribution >= 4 is 11.9 Å². The number of hydrogen-bond donors (Lipinski definition) is 1. The summed E-state index contributed by atoms with van der Waals surface area (Å²) in [5.74, 6) is -1.57. The number of carboxylic acid groups (broad SMARTS) is 1. The summed E-state index contributed by atoms with van der Waals surface area (Å²) >= 11 is 0. The van der Waals surface area contributed by atoms with Gasteiger partial charge in [0.25, 0.3) is 0 Å². The number of carbonyl (C=O) groups is 2. The maximum absolute atomic E-state index is 13.2. The van der Waals surface area contributed by atoms with Crippen LogP contribution >= 0.6 is 0 Å². The molecule has 4 nitrogen and oxygen atoms in total. The van der Waals surface area contributed by atoms with Crippen LogP contribution in [-0.2, 0) is 16.1 Å². The molecular weight excluding hydrogens is 237 g/mol. The summed E-state index contributed by atoms with van der Waals surface area (Å²) < 4.78 is 13.2. The third-order valence-electron chi connectivity index (χ3n) is 3.27. The minimum atomic E-state index is -1.00. The lowest BCUT2D eigenvalue weighted by atomic mass is 10.1. The third-order valence-corrected chi connectivity index (χ3v) is 3.27. The molecule has 1 saturated heterocycles. The standard InChI is InChI=1S/C13H14FNO3/c1-8-2-3-10(14)6-9(8)7-15-11(13(17)18)4-5-12(15)16/h2-3,6,11H,4-5,7H2,1H3,(H,17,18). The maximum Gasteiger partial charge on any atom is 0.326 e. The van der Waals surface area contributed by atoms with Crippen molar-refractivity contribution in [3.05, 3.63) is 35.1 Å². The number of benzene rings is 1. The van der Waals surface area contributed by atoms with Gasteiger partial charge in [0.2, 0.25) is 5.91 Å². The first-order chi connectivity index (χ1) is 8.49. The van der Waals surface area contributed by atoms with Gasteiger partial charge in [-0.2, -0.15) is 0 Å². The Balaban J connectivity index is 2.24. The Morgan fingerprint density at radius 3 is 2.94 bits per heavy atom. The van der Waals surface area contributed by atoms with Crippen LogP contribution in [0.25, 0.3) is 0 Å². The van der Waals surface area contributed by atoms with E-state index in [1.807, 2.05) is 6.92 Å². The second-order valence-electron chi connectivity index (χ2n) is 4.49. The van der Waals surface area contributed by atoms with Crippen molar-refractivity contribution in [1.82, 2.24) is 4.90 Å². The number of hydrogen-bond acceptors (Lipinski definition) is 2. The summed E-state index contributed by atoms with van der Waals surface area (Å²) in [6, 6.07) is 3.53. The van der Waals surface area contributed by atoms with Crippen LogP contribution in [0.5, 0.6) is 0 Å². The Morgan fingerprint density at radius 2 is 2.28 bits per heavy atom. The van der Waals surface area contributed by atoms with E-state index in [9.17, 15) is 14.0 Å². The zero-order chi connectivity index (χ0) is 13.3. The quantitative estimate of drug-likeness (QED) is 0.889. The van der Waals surface area contributed by atoms with Crippen LogP contribution in [0.2, 0.25) is 0 Å². The number of rotatable bonds is 3. The monoisotopic (exact) mass is 251 g/mol. The number of halogens is 1. The van der Waals surface area contributed by atoms with Crippen LogP contribution in [0, 0.1) is 12.7 Å². The maximum atomic E-state index is 13.2. The average Bonchev–Trinajstić information content (AvgIpc) is 2.66. The fourth-order valence-corrected chi connectivity index (χ4v) is 2.18. The number of carbonyl (C=O) groups excluding carboxylic acids is 1. The van der Waals surface area contributed by atoms with E-state index in [4.69, 9.17) is 5.11 Å². The molecule has 1 atom stereocenters. The predicted molar refractivity (Wildman–Crippen MR) is 62.3 cm³/mol. The molecule has 0 radical (unpaired) electrons. The van der Waals surface area contributed by atoms with Gasteiger partial charge in [-0.05, 0) is 36.6 Å². The highest BCUT2D eigenvalue weighted by molar-refractivity contribution is 5.87. The fourth-order valence-electron chi connectivity index (χ4n) is 2.18. The fraction of sp³-hybridized carbons (Fsp3) is 0.385. The predicted octanol–water partition coefficient (Wildman–Crippen LogP) is 1.71. The Hall–Kier alpha value is -1.91. The molecular formula is C13H14FNO3. The number of likely N-dealkylation sites (tertiary alicyclic amines) is 1. The van der Waals surface area contributed by atoms with E-state index in [1.54, 1.807) is 6.07 Å². The lowest BCUT2D eigenvalue weighted by molar-refractivity contribution is -0.146. The van der Waals surface area contributed by atoms with Crippen molar-refractivity contribution in [2.45, 2.75) is 32.4 Å². The molecule has 96 valence electrons. The molecule has 2 rings (SSSR count). The van der Waals surface area contributed by atoms with Crippen molar-refractivity contribution in [1.29, 1.82) is 0 Å². The molecule has 1 aliphatic heterocycles. The molecule has 1 aromatic carbocycles. The van der Waals surface area contributed by atoms with Crippen LogP contribution < -0.4 is 0 Å². The molecule has 1 N–H and O–H groups in total. The average molecular weight is 251 g/mol. The van der Waals surface area contributed by atoms with E-state index in [0.29, 0.717) is 12.0 Å². The van der Waals surface area contributed by atoms with Gasteiger partial charge in [-0.15, -0.1) is 0 Å². The molecule has 1 fully saturated rings. The summed E-state index contributed by atoms with van der Waals surface area (Å²) in [4.78, 5) is 24.0. The third kappa shape index (κ3) is 2.34. The number of amides is 1. The topological polar surface area (TPSA) is 57.6 Å². The number of aliphatic carboxylic acids is 1. The Kier molecular flexibility index (Phi) is 3.32. The lowest BCUT2D eigenvalue weighted by Gasteiger charge is -2.22. The van der Waals surface area contributed by atoms with Gasteiger partial charge >= 0.3 is 5.97 Å². The first-order valence-corrected chi connectivity index (χ1v) is 5.76. The zero-order valence-electron chi connectivity index (χ0n) is 10.0. The van der Waals surface area contributed by atoms with Gasteiger partial charge in [0.05, 0.1) is 0 Å². The highest BCUT2D eigenvalue weighted by Gasteiger charge is 2.35. The van der Waals surface area contributed by atoms with Gasteiger partial charge in [0.1, 0.15) is 11.9 Å². The first-order valence-electron chi connectivity index (χ1n) is 5.76. The molecule has 1 amide bonds. The van der Waals surface area contributed by atoms with Crippen LogP contribution in [0.4, 0.5) is 4.39 Å². The minimum absolute atomic E-state index is 0.152. The number of aryl methyl sites for hydroxylation is 1. The molecule has 0 spiro atoms. The van der Waals surface area contributed by atoms with Gasteiger partial charge in [-0.1, -0.05) is 6.07 Å². The molecule has 0 bridgehead atoms. The van der Waals surface area contributed by atoms with E-state index in [1.165, 1.54) is 17.0 Å². The molecule has 1 aliphatic rings. The van der Waals surface area contributed by atoms with Gasteiger partial charge in [-0.3, -0.25) is 4.79 Å². The second-order valence-corrected chi connectivity index (χ2v) is 4.49. The van der Waals surface area contributed by atoms with Crippen molar-refractivity contribution in [3.8, 4) is 0 Å². The first kappa shape index (κ1) is 12.5. The van der Waals surface area contributed by atoms with Crippen molar-refractivity contribution < 1.29 is 19.1 Å². The highest BCUT2D eigenvalue weighted by Crippen LogP contribution is 2.23. The molecule has 18 heavy (non-hydrogen) atoms. The van der Waals surface area contributed by atoms with Gasteiger partial charge < -0.3 is 10.0 Å². The second kappa shape index (κ2) is 4.76. The normalized spacial score (nSPS) is 19.3. The van der Waals surface area contributed by atoms with Crippen LogP contribution in [0.3, 0.4) is 0 Å². The Bertz CT molecular complexity index is 501. The highest BCUT2D eigenvalue weighted by atomic mass is 19.1. The van der Waals surface area contributed by atoms with Gasteiger partial charge in [0, 0.05) is 13.0 Å². The molecule has 1 aromatic rings. The molecule has 1 heterocycles. The Labute approximate surface area is 104 Å². The van der Waals surface area contributed by atoms with Crippen molar-refractivity contribution in [2.24, 2.45) is 0 Å². The summed E-state index contributed by atoms with van der Waals surface area (Å²) in [6.45, 7) is 1.96. The van der Waals surface area contributed by atoms with Crippen molar-refractivity contribution in [3.63, 3.8) is 0 Å². The molecule has 0 aromatic heterocycles. The summed E-state index contributed by atoms with van der Waals surface area (Å²) in [6.07, 6.45) is 0.563. The summed E-state index contributed by atoms with van der Waals surface area (Å²) in [5.41, 5.74) is 1.50. The zero-order valence-corrected chi connectivity index (χ0v) is 10.0. The smallest absolute Gasteiger partial charge is 0.326 e. The van der Waals surface area contributed by atoms with Crippen LogP contribution in [0.1, 0.15) is 24.0 Å². The molecule has 5 heteroatoms. The minimum Gasteiger partial charge on any atom is -0.480 e. The summed E-state index contributed by atoms with van der Waals surface area (Å²) in [5, 5.41) is 9.04. The lowest BCUT2D eigenvalue weighted by Crippen LogP contribution is -2.38. The van der Waals surface area contributed by atoms with E-state index < -0.39 is 12.0 Å². The molecule has 0 saturated carbocycles. The number of carboxylic acids is 1. The van der Waals surface area contributed by atoms with E-state index in [2.05, 4.69) is 0 Å². The SMILES string of the molecule is Cc1ccc(F)cc1CN1C(=O)CCC1C(=O)O. The summed E-state index contributed by atoms with van der Waals surface area (Å²) in [7, 11) is 0. The van der Waals surface area contributed by atoms with E-state index in [0.717, 1.165) is 5.56 Å². The molecule has 0 aliphatic carbocycles. The van der Waals surface area contributed by atoms with Gasteiger partial charge in [0.15, 0.2) is 0 Å².